The van der Waals surface area contributed by atoms with E-state index in [1.807, 2.05) is 6.92 Å². The summed E-state index contributed by atoms with van der Waals surface area (Å²) in [6.07, 6.45) is 15.6. The van der Waals surface area contributed by atoms with Gasteiger partial charge in [0.1, 0.15) is 5.76 Å². The van der Waals surface area contributed by atoms with E-state index in [0.29, 0.717) is 18.6 Å². The van der Waals surface area contributed by atoms with E-state index < -0.39 is 6.10 Å². The third-order valence-corrected chi connectivity index (χ3v) is 4.98. The summed E-state index contributed by atoms with van der Waals surface area (Å²) >= 11 is 0. The number of hydrogen-bond donors (Lipinski definition) is 0. The van der Waals surface area contributed by atoms with Crippen LogP contribution in [0.15, 0.2) is 11.5 Å². The summed E-state index contributed by atoms with van der Waals surface area (Å²) < 4.78 is 10.6. The lowest BCUT2D eigenvalue weighted by Gasteiger charge is -2.05. The fraction of sp³-hybridized carbons (Fsp3) is 0.818. The Hall–Kier alpha value is -1.32. The van der Waals surface area contributed by atoms with Crippen molar-refractivity contribution >= 4 is 11.8 Å². The van der Waals surface area contributed by atoms with Crippen molar-refractivity contribution in [3.8, 4) is 0 Å². The van der Waals surface area contributed by atoms with Crippen molar-refractivity contribution < 1.29 is 19.1 Å². The van der Waals surface area contributed by atoms with Crippen molar-refractivity contribution in [3.63, 3.8) is 0 Å². The van der Waals surface area contributed by atoms with E-state index in [0.717, 1.165) is 12.8 Å². The molecule has 0 N–H and O–H groups in total. The number of ketones is 1. The first-order valence-electron chi connectivity index (χ1n) is 10.7. The molecule has 0 spiro atoms. The number of Topliss-reactive ketones (excluding diaryl/α,β-unsaturated/α-hetero) is 1. The zero-order valence-corrected chi connectivity index (χ0v) is 17.1. The van der Waals surface area contributed by atoms with Gasteiger partial charge in [0.2, 0.25) is 11.5 Å². The highest BCUT2D eigenvalue weighted by molar-refractivity contribution is 6.01. The molecule has 0 aromatic carbocycles. The Labute approximate surface area is 159 Å². The molecule has 1 atom stereocenters. The minimum atomic E-state index is -0.482. The van der Waals surface area contributed by atoms with Crippen molar-refractivity contribution in [3.05, 3.63) is 11.5 Å². The molecule has 4 nitrogen and oxygen atoms in total. The molecular weight excluding hydrogens is 328 g/mol. The predicted octanol–water partition coefficient (Wildman–Crippen LogP) is 6.23. The fourth-order valence-corrected chi connectivity index (χ4v) is 3.31. The number of esters is 1. The van der Waals surface area contributed by atoms with E-state index in [-0.39, 0.29) is 17.5 Å². The molecule has 0 bridgehead atoms. The van der Waals surface area contributed by atoms with Gasteiger partial charge in [0.05, 0.1) is 0 Å². The van der Waals surface area contributed by atoms with E-state index in [4.69, 9.17) is 9.47 Å². The first-order valence-corrected chi connectivity index (χ1v) is 10.7. The topological polar surface area (TPSA) is 52.6 Å². The second-order valence-corrected chi connectivity index (χ2v) is 7.38. The minimum Gasteiger partial charge on any atom is -0.483 e. The van der Waals surface area contributed by atoms with Crippen molar-refractivity contribution in [1.29, 1.82) is 0 Å². The van der Waals surface area contributed by atoms with Crippen LogP contribution in [0.4, 0.5) is 0 Å². The van der Waals surface area contributed by atoms with Crippen LogP contribution in [0.25, 0.3) is 0 Å². The minimum absolute atomic E-state index is 0.112. The number of carbonyl (C=O) groups excluding carboxylic acids is 2. The van der Waals surface area contributed by atoms with Crippen LogP contribution >= 0.6 is 0 Å². The van der Waals surface area contributed by atoms with Gasteiger partial charge in [-0.05, 0) is 19.8 Å². The first-order chi connectivity index (χ1) is 12.6. The monoisotopic (exact) mass is 366 g/mol. The Morgan fingerprint density at radius 1 is 0.885 bits per heavy atom. The van der Waals surface area contributed by atoms with Gasteiger partial charge in [-0.25, -0.2) is 0 Å². The van der Waals surface area contributed by atoms with Crippen LogP contribution in [-0.2, 0) is 19.1 Å². The van der Waals surface area contributed by atoms with E-state index >= 15 is 0 Å². The normalized spacial score (nSPS) is 16.9. The summed E-state index contributed by atoms with van der Waals surface area (Å²) in [6, 6.07) is 0. The average Bonchev–Trinajstić information content (AvgIpc) is 2.90. The van der Waals surface area contributed by atoms with Crippen LogP contribution in [0, 0.1) is 0 Å². The third kappa shape index (κ3) is 8.86. The van der Waals surface area contributed by atoms with Crippen molar-refractivity contribution in [2.24, 2.45) is 0 Å². The highest BCUT2D eigenvalue weighted by Crippen LogP contribution is 2.24. The van der Waals surface area contributed by atoms with E-state index in [9.17, 15) is 9.59 Å². The quantitative estimate of drug-likeness (QED) is 0.255. The van der Waals surface area contributed by atoms with Gasteiger partial charge in [0, 0.05) is 6.42 Å². The molecule has 1 rings (SSSR count). The van der Waals surface area contributed by atoms with Gasteiger partial charge in [-0.15, -0.1) is 0 Å². The summed E-state index contributed by atoms with van der Waals surface area (Å²) in [5.74, 6) is 0.0267. The molecule has 1 aliphatic heterocycles. The zero-order valence-electron chi connectivity index (χ0n) is 17.1. The second-order valence-electron chi connectivity index (χ2n) is 7.38. The van der Waals surface area contributed by atoms with Crippen LogP contribution in [0.5, 0.6) is 0 Å². The maximum absolute atomic E-state index is 12.0. The summed E-state index contributed by atoms with van der Waals surface area (Å²) in [5.41, 5.74) is 0. The van der Waals surface area contributed by atoms with Gasteiger partial charge in [-0.3, -0.25) is 9.59 Å². The van der Waals surface area contributed by atoms with Crippen molar-refractivity contribution in [1.82, 2.24) is 0 Å². The lowest BCUT2D eigenvalue weighted by Crippen LogP contribution is -2.19. The SMILES string of the molecule is CCCCCCCCCCCCCCC(=O)OC1=C(C)OC(CC)C1=O. The smallest absolute Gasteiger partial charge is 0.311 e. The van der Waals surface area contributed by atoms with Gasteiger partial charge in [-0.2, -0.15) is 0 Å². The Kier molecular flexibility index (Phi) is 12.1. The first kappa shape index (κ1) is 22.7. The summed E-state index contributed by atoms with van der Waals surface area (Å²) in [7, 11) is 0. The van der Waals surface area contributed by atoms with E-state index in [2.05, 4.69) is 6.92 Å². The Balaban J connectivity index is 1.97. The number of hydrogen-bond acceptors (Lipinski definition) is 4. The Morgan fingerprint density at radius 2 is 1.38 bits per heavy atom. The number of carbonyl (C=O) groups is 2. The largest absolute Gasteiger partial charge is 0.483 e. The summed E-state index contributed by atoms with van der Waals surface area (Å²) in [5, 5.41) is 0. The van der Waals surface area contributed by atoms with Gasteiger partial charge >= 0.3 is 5.97 Å². The molecule has 0 amide bonds. The number of ether oxygens (including phenoxy) is 2. The van der Waals surface area contributed by atoms with Gasteiger partial charge in [0.15, 0.2) is 6.10 Å². The molecule has 0 aromatic heterocycles. The van der Waals surface area contributed by atoms with Crippen molar-refractivity contribution in [2.75, 3.05) is 0 Å². The standard InChI is InChI=1S/C22H38O4/c1-4-6-7-8-9-10-11-12-13-14-15-16-17-20(23)26-22-18(3)25-19(5-2)21(22)24/h19H,4-17H2,1-3H3. The Bertz CT molecular complexity index is 453. The second kappa shape index (κ2) is 13.8. The summed E-state index contributed by atoms with van der Waals surface area (Å²) in [6.45, 7) is 5.81. The lowest BCUT2D eigenvalue weighted by molar-refractivity contribution is -0.142. The predicted molar refractivity (Wildman–Crippen MR) is 105 cm³/mol. The molecule has 0 saturated heterocycles. The maximum Gasteiger partial charge on any atom is 0.311 e. The fourth-order valence-electron chi connectivity index (χ4n) is 3.31. The number of rotatable bonds is 15. The highest BCUT2D eigenvalue weighted by atomic mass is 16.6. The molecule has 1 unspecified atom stereocenters. The molecule has 0 saturated carbocycles. The maximum atomic E-state index is 12.0. The molecular formula is C22H38O4. The third-order valence-electron chi connectivity index (χ3n) is 4.98. The molecule has 1 heterocycles. The van der Waals surface area contributed by atoms with E-state index in [1.54, 1.807) is 6.92 Å². The number of allylic oxidation sites excluding steroid dienone is 1. The van der Waals surface area contributed by atoms with Gasteiger partial charge in [0.25, 0.3) is 0 Å². The van der Waals surface area contributed by atoms with Gasteiger partial charge in [-0.1, -0.05) is 84.5 Å². The molecule has 0 aromatic rings. The molecule has 150 valence electrons. The molecule has 0 radical (unpaired) electrons. The van der Waals surface area contributed by atoms with Crippen LogP contribution in [-0.4, -0.2) is 17.9 Å². The van der Waals surface area contributed by atoms with Crippen LogP contribution in [0.3, 0.4) is 0 Å². The van der Waals surface area contributed by atoms with Crippen LogP contribution < -0.4 is 0 Å². The molecule has 4 heteroatoms. The summed E-state index contributed by atoms with van der Waals surface area (Å²) in [4.78, 5) is 23.9. The average molecular weight is 367 g/mol. The lowest BCUT2D eigenvalue weighted by atomic mass is 10.0. The van der Waals surface area contributed by atoms with Crippen LogP contribution in [0.1, 0.15) is 111 Å². The van der Waals surface area contributed by atoms with E-state index in [1.165, 1.54) is 64.2 Å². The number of unbranched alkanes of at least 4 members (excludes halogenated alkanes) is 11. The zero-order chi connectivity index (χ0) is 19.2. The molecule has 26 heavy (non-hydrogen) atoms. The molecule has 0 fully saturated rings. The Morgan fingerprint density at radius 3 is 1.85 bits per heavy atom. The molecule has 0 aliphatic carbocycles. The molecule has 1 aliphatic rings. The highest BCUT2D eigenvalue weighted by Gasteiger charge is 2.34. The van der Waals surface area contributed by atoms with Crippen LogP contribution in [0.2, 0.25) is 0 Å². The van der Waals surface area contributed by atoms with Gasteiger partial charge < -0.3 is 9.47 Å². The van der Waals surface area contributed by atoms with Crippen molar-refractivity contribution in [2.45, 2.75) is 117 Å².